The number of thioether (sulfide) groups is 1. The minimum absolute atomic E-state index is 0.367. The van der Waals surface area contributed by atoms with Crippen molar-refractivity contribution in [1.82, 2.24) is 4.90 Å². The molecular weight excluding hydrogens is 288 g/mol. The summed E-state index contributed by atoms with van der Waals surface area (Å²) in [5, 5.41) is 12.2. The molecule has 0 saturated carbocycles. The molecule has 0 aromatic heterocycles. The first-order chi connectivity index (χ1) is 9.00. The van der Waals surface area contributed by atoms with Crippen molar-refractivity contribution in [3.05, 3.63) is 28.8 Å². The lowest BCUT2D eigenvalue weighted by atomic mass is 10.2. The Morgan fingerprint density at radius 2 is 2.26 bits per heavy atom. The standard InChI is InChI=1S/C12H13ClN2O3S/c1-7-3-2-4-8(13)10(7)14-12(18)15-6-19-5-9(15)11(16)17/h2-4,9H,5-6H2,1H3,(H,14,18)(H,16,17). The van der Waals surface area contributed by atoms with Crippen LogP contribution in [0.2, 0.25) is 5.02 Å². The molecule has 0 aliphatic carbocycles. The molecule has 19 heavy (non-hydrogen) atoms. The normalized spacial score (nSPS) is 18.4. The van der Waals surface area contributed by atoms with Crippen LogP contribution in [-0.4, -0.2) is 39.7 Å². The summed E-state index contributed by atoms with van der Waals surface area (Å²) >= 11 is 7.44. The summed E-state index contributed by atoms with van der Waals surface area (Å²) in [6, 6.07) is 4.08. The number of carboxylic acids is 1. The van der Waals surface area contributed by atoms with E-state index in [1.807, 2.05) is 13.0 Å². The predicted molar refractivity (Wildman–Crippen MR) is 75.8 cm³/mol. The van der Waals surface area contributed by atoms with Gasteiger partial charge >= 0.3 is 12.0 Å². The van der Waals surface area contributed by atoms with Gasteiger partial charge in [-0.1, -0.05) is 23.7 Å². The van der Waals surface area contributed by atoms with Crippen LogP contribution in [0, 0.1) is 6.92 Å². The third kappa shape index (κ3) is 2.96. The molecule has 7 heteroatoms. The van der Waals surface area contributed by atoms with Crippen molar-refractivity contribution >= 4 is 41.1 Å². The summed E-state index contributed by atoms with van der Waals surface area (Å²) < 4.78 is 0. The fourth-order valence-corrected chi connectivity index (χ4v) is 3.23. The zero-order valence-electron chi connectivity index (χ0n) is 10.2. The van der Waals surface area contributed by atoms with Crippen molar-refractivity contribution in [3.63, 3.8) is 0 Å². The monoisotopic (exact) mass is 300 g/mol. The highest BCUT2D eigenvalue weighted by atomic mass is 35.5. The largest absolute Gasteiger partial charge is 0.480 e. The van der Waals surface area contributed by atoms with Gasteiger partial charge < -0.3 is 15.3 Å². The van der Waals surface area contributed by atoms with Crippen molar-refractivity contribution in [2.24, 2.45) is 0 Å². The second kappa shape index (κ2) is 5.71. The third-order valence-corrected chi connectivity index (χ3v) is 4.21. The molecule has 2 N–H and O–H groups in total. The van der Waals surface area contributed by atoms with E-state index >= 15 is 0 Å². The lowest BCUT2D eigenvalue weighted by molar-refractivity contribution is -0.140. The highest BCUT2D eigenvalue weighted by Gasteiger charge is 2.34. The van der Waals surface area contributed by atoms with Gasteiger partial charge in [0.2, 0.25) is 0 Å². The molecule has 1 aliphatic heterocycles. The fourth-order valence-electron chi connectivity index (χ4n) is 1.82. The van der Waals surface area contributed by atoms with Gasteiger partial charge in [-0.2, -0.15) is 0 Å². The van der Waals surface area contributed by atoms with Gasteiger partial charge in [0, 0.05) is 5.75 Å². The van der Waals surface area contributed by atoms with Crippen LogP contribution in [-0.2, 0) is 4.79 Å². The Hall–Kier alpha value is -1.40. The molecule has 1 aromatic rings. The van der Waals surface area contributed by atoms with Gasteiger partial charge in [-0.3, -0.25) is 0 Å². The van der Waals surface area contributed by atoms with Crippen LogP contribution >= 0.6 is 23.4 Å². The zero-order chi connectivity index (χ0) is 14.0. The van der Waals surface area contributed by atoms with Crippen LogP contribution in [0.25, 0.3) is 0 Å². The maximum Gasteiger partial charge on any atom is 0.327 e. The number of rotatable bonds is 2. The average Bonchev–Trinajstić information content (AvgIpc) is 2.83. The molecule has 2 rings (SSSR count). The van der Waals surface area contributed by atoms with Crippen LogP contribution in [0.1, 0.15) is 5.56 Å². The minimum Gasteiger partial charge on any atom is -0.480 e. The maximum absolute atomic E-state index is 12.1. The second-order valence-corrected chi connectivity index (χ2v) is 5.59. The molecule has 0 radical (unpaired) electrons. The molecule has 1 aromatic carbocycles. The van der Waals surface area contributed by atoms with Crippen LogP contribution in [0.5, 0.6) is 0 Å². The molecular formula is C12H13ClN2O3S. The van der Waals surface area contributed by atoms with Crippen LogP contribution in [0.3, 0.4) is 0 Å². The Labute approximate surface area is 119 Å². The highest BCUT2D eigenvalue weighted by Crippen LogP contribution is 2.27. The molecule has 1 unspecified atom stereocenters. The number of carboxylic acid groups (broad SMARTS) is 1. The molecule has 0 bridgehead atoms. The number of para-hydroxylation sites is 1. The molecule has 1 saturated heterocycles. The number of amides is 2. The number of halogens is 1. The number of hydrogen-bond donors (Lipinski definition) is 2. The summed E-state index contributed by atoms with van der Waals surface area (Å²) in [6.07, 6.45) is 0. The van der Waals surface area contributed by atoms with Gasteiger partial charge in [0.05, 0.1) is 16.6 Å². The van der Waals surface area contributed by atoms with E-state index in [9.17, 15) is 9.59 Å². The Balaban J connectivity index is 2.15. The number of benzene rings is 1. The first kappa shape index (κ1) is 14.0. The van der Waals surface area contributed by atoms with E-state index in [1.165, 1.54) is 16.7 Å². The number of carbonyl (C=O) groups excluding carboxylic acids is 1. The van der Waals surface area contributed by atoms with Crippen molar-refractivity contribution in [2.45, 2.75) is 13.0 Å². The zero-order valence-corrected chi connectivity index (χ0v) is 11.8. The van der Waals surface area contributed by atoms with Gasteiger partial charge in [-0.25, -0.2) is 9.59 Å². The van der Waals surface area contributed by atoms with E-state index in [0.29, 0.717) is 22.3 Å². The third-order valence-electron chi connectivity index (χ3n) is 2.88. The summed E-state index contributed by atoms with van der Waals surface area (Å²) in [7, 11) is 0. The van der Waals surface area contributed by atoms with Crippen LogP contribution in [0.4, 0.5) is 10.5 Å². The van der Waals surface area contributed by atoms with Crippen molar-refractivity contribution < 1.29 is 14.7 Å². The number of aliphatic carboxylic acids is 1. The van der Waals surface area contributed by atoms with E-state index in [2.05, 4.69) is 5.32 Å². The first-order valence-corrected chi connectivity index (χ1v) is 7.17. The Morgan fingerprint density at radius 1 is 1.53 bits per heavy atom. The van der Waals surface area contributed by atoms with Crippen molar-refractivity contribution in [1.29, 1.82) is 0 Å². The van der Waals surface area contributed by atoms with Gasteiger partial charge in [-0.05, 0) is 18.6 Å². The van der Waals surface area contributed by atoms with E-state index in [0.717, 1.165) is 5.56 Å². The lowest BCUT2D eigenvalue weighted by Gasteiger charge is -2.21. The minimum atomic E-state index is -0.990. The summed E-state index contributed by atoms with van der Waals surface area (Å²) in [6.45, 7) is 1.83. The summed E-state index contributed by atoms with van der Waals surface area (Å²) in [5.74, 6) is -0.215. The molecule has 1 aliphatic rings. The molecule has 1 atom stereocenters. The molecule has 0 spiro atoms. The highest BCUT2D eigenvalue weighted by molar-refractivity contribution is 7.99. The number of urea groups is 1. The van der Waals surface area contributed by atoms with Crippen molar-refractivity contribution in [2.75, 3.05) is 16.9 Å². The molecule has 1 heterocycles. The number of aryl methyl sites for hydroxylation is 1. The summed E-state index contributed by atoms with van der Waals surface area (Å²) in [5.41, 5.74) is 1.36. The van der Waals surface area contributed by atoms with Gasteiger partial charge in [0.1, 0.15) is 6.04 Å². The van der Waals surface area contributed by atoms with Crippen molar-refractivity contribution in [3.8, 4) is 0 Å². The lowest BCUT2D eigenvalue weighted by Crippen LogP contribution is -2.44. The topological polar surface area (TPSA) is 69.6 Å². The van der Waals surface area contributed by atoms with Gasteiger partial charge in [-0.15, -0.1) is 11.8 Å². The van der Waals surface area contributed by atoms with Gasteiger partial charge in [0.25, 0.3) is 0 Å². The first-order valence-electron chi connectivity index (χ1n) is 5.64. The summed E-state index contributed by atoms with van der Waals surface area (Å²) in [4.78, 5) is 24.5. The number of anilines is 1. The average molecular weight is 301 g/mol. The number of nitrogens with one attached hydrogen (secondary N) is 1. The fraction of sp³-hybridized carbons (Fsp3) is 0.333. The number of carbonyl (C=O) groups is 2. The number of hydrogen-bond acceptors (Lipinski definition) is 3. The quantitative estimate of drug-likeness (QED) is 0.881. The van der Waals surface area contributed by atoms with E-state index in [1.54, 1.807) is 12.1 Å². The van der Waals surface area contributed by atoms with Gasteiger partial charge in [0.15, 0.2) is 0 Å². The predicted octanol–water partition coefficient (Wildman–Crippen LogP) is 2.64. The van der Waals surface area contributed by atoms with E-state index in [4.69, 9.17) is 16.7 Å². The molecule has 1 fully saturated rings. The smallest absolute Gasteiger partial charge is 0.327 e. The molecule has 2 amide bonds. The molecule has 102 valence electrons. The Kier molecular flexibility index (Phi) is 4.21. The Bertz CT molecular complexity index is 503. The SMILES string of the molecule is Cc1cccc(Cl)c1NC(=O)N1CSCC1C(=O)O. The van der Waals surface area contributed by atoms with Crippen LogP contribution in [0.15, 0.2) is 18.2 Å². The Morgan fingerprint density at radius 3 is 2.89 bits per heavy atom. The van der Waals surface area contributed by atoms with E-state index < -0.39 is 18.0 Å². The maximum atomic E-state index is 12.1. The van der Waals surface area contributed by atoms with E-state index in [-0.39, 0.29) is 0 Å². The second-order valence-electron chi connectivity index (χ2n) is 4.19. The number of nitrogens with zero attached hydrogens (tertiary/aromatic N) is 1. The van der Waals surface area contributed by atoms with Crippen LogP contribution < -0.4 is 5.32 Å². The molecule has 5 nitrogen and oxygen atoms in total.